The minimum Gasteiger partial charge on any atom is -0.370 e. The molecule has 0 aliphatic carbocycles. The van der Waals surface area contributed by atoms with Crippen molar-refractivity contribution >= 4 is 18.2 Å². The van der Waals surface area contributed by atoms with Gasteiger partial charge in [-0.1, -0.05) is 63.9 Å². The van der Waals surface area contributed by atoms with Crippen LogP contribution in [0.2, 0.25) is 0 Å². The van der Waals surface area contributed by atoms with Crippen LogP contribution in [0.1, 0.15) is 58.9 Å². The highest BCUT2D eigenvalue weighted by Crippen LogP contribution is 2.25. The zero-order valence-electron chi connectivity index (χ0n) is 18.0. The molecule has 0 aliphatic heterocycles. The molecule has 0 spiro atoms. The number of nitrogens with two attached hydrogens (primary N) is 1. The Morgan fingerprint density at radius 3 is 2.48 bits per heavy atom. The van der Waals surface area contributed by atoms with E-state index in [0.717, 1.165) is 18.4 Å². The smallest absolute Gasteiger partial charge is 0.233 e. The molecule has 0 bridgehead atoms. The number of carbonyl (C=O) groups is 3. The molecule has 7 heteroatoms. The fourth-order valence-corrected chi connectivity index (χ4v) is 2.96. The number of unbranched alkanes of at least 4 members (excludes halogenated alkanes) is 1. The maximum Gasteiger partial charge on any atom is 0.233 e. The minimum absolute atomic E-state index is 0.154. The minimum atomic E-state index is -0.467. The zero-order valence-corrected chi connectivity index (χ0v) is 18.0. The molecule has 1 aromatic carbocycles. The first-order valence-corrected chi connectivity index (χ1v) is 10.2. The summed E-state index contributed by atoms with van der Waals surface area (Å²) in [4.78, 5) is 41.3. The maximum absolute atomic E-state index is 12.9. The molecule has 0 saturated heterocycles. The van der Waals surface area contributed by atoms with E-state index in [-0.39, 0.29) is 31.5 Å². The molecule has 1 unspecified atom stereocenters. The van der Waals surface area contributed by atoms with Gasteiger partial charge in [-0.05, 0) is 24.3 Å². The van der Waals surface area contributed by atoms with Crippen molar-refractivity contribution in [3.63, 3.8) is 0 Å². The van der Waals surface area contributed by atoms with E-state index in [4.69, 9.17) is 10.6 Å². The van der Waals surface area contributed by atoms with Gasteiger partial charge in [-0.25, -0.2) is 5.06 Å². The van der Waals surface area contributed by atoms with Gasteiger partial charge in [0.1, 0.15) is 6.61 Å². The van der Waals surface area contributed by atoms with Crippen molar-refractivity contribution < 1.29 is 19.2 Å². The Balaban J connectivity index is 2.73. The molecule has 0 saturated carbocycles. The second-order valence-corrected chi connectivity index (χ2v) is 8.17. The van der Waals surface area contributed by atoms with Gasteiger partial charge in [0.2, 0.25) is 18.2 Å². The van der Waals surface area contributed by atoms with Crippen LogP contribution < -0.4 is 11.1 Å². The van der Waals surface area contributed by atoms with Crippen LogP contribution in [-0.4, -0.2) is 35.9 Å². The molecule has 3 amide bonds. The van der Waals surface area contributed by atoms with Gasteiger partial charge in [-0.15, -0.1) is 0 Å². The number of hydrogen-bond donors (Lipinski definition) is 2. The molecule has 7 nitrogen and oxygen atoms in total. The van der Waals surface area contributed by atoms with Gasteiger partial charge in [-0.3, -0.25) is 19.2 Å². The van der Waals surface area contributed by atoms with E-state index < -0.39 is 17.2 Å². The van der Waals surface area contributed by atoms with Crippen LogP contribution in [0.15, 0.2) is 30.3 Å². The van der Waals surface area contributed by atoms with Crippen molar-refractivity contribution in [2.75, 3.05) is 6.54 Å². The van der Waals surface area contributed by atoms with Crippen LogP contribution in [0, 0.1) is 11.3 Å². The van der Waals surface area contributed by atoms with Crippen molar-refractivity contribution in [2.45, 2.75) is 66.0 Å². The number of primary amides is 1. The summed E-state index contributed by atoms with van der Waals surface area (Å²) in [6.07, 6.45) is 3.23. The van der Waals surface area contributed by atoms with Crippen molar-refractivity contribution in [2.24, 2.45) is 17.1 Å². The van der Waals surface area contributed by atoms with Gasteiger partial charge in [-0.2, -0.15) is 0 Å². The Kier molecular flexibility index (Phi) is 10.4. The van der Waals surface area contributed by atoms with E-state index in [1.165, 1.54) is 5.06 Å². The normalized spacial score (nSPS) is 13.4. The monoisotopic (exact) mass is 405 g/mol. The highest BCUT2D eigenvalue weighted by atomic mass is 16.7. The standard InChI is InChI=1S/C22H35N3O4/c1-5-6-12-19(21(28)24-17(2)22(3,4)13-20(23)27)14-25(16-26)29-15-18-10-8-7-9-11-18/h7-11,16-17,19H,5-6,12-15H2,1-4H3,(H2,23,27)(H,24,28)/t17?,19-/m1/s1. The predicted octanol–water partition coefficient (Wildman–Crippen LogP) is 2.79. The third-order valence-electron chi connectivity index (χ3n) is 5.20. The third kappa shape index (κ3) is 9.09. The fraction of sp³-hybridized carbons (Fsp3) is 0.591. The second kappa shape index (κ2) is 12.2. The van der Waals surface area contributed by atoms with Crippen molar-refractivity contribution in [3.8, 4) is 0 Å². The first-order chi connectivity index (χ1) is 13.7. The van der Waals surface area contributed by atoms with E-state index in [2.05, 4.69) is 12.2 Å². The Bertz CT molecular complexity index is 649. The van der Waals surface area contributed by atoms with Crippen molar-refractivity contribution in [3.05, 3.63) is 35.9 Å². The van der Waals surface area contributed by atoms with Gasteiger partial charge in [0.05, 0.1) is 12.5 Å². The average Bonchev–Trinajstić information content (AvgIpc) is 2.67. The van der Waals surface area contributed by atoms with Crippen LogP contribution in [-0.2, 0) is 25.8 Å². The molecule has 1 aromatic rings. The molecular formula is C22H35N3O4. The zero-order chi connectivity index (χ0) is 21.9. The largest absolute Gasteiger partial charge is 0.370 e. The van der Waals surface area contributed by atoms with Gasteiger partial charge in [0.15, 0.2) is 0 Å². The quantitative estimate of drug-likeness (QED) is 0.367. The van der Waals surface area contributed by atoms with Gasteiger partial charge >= 0.3 is 0 Å². The number of amides is 3. The fourth-order valence-electron chi connectivity index (χ4n) is 2.96. The Morgan fingerprint density at radius 1 is 1.28 bits per heavy atom. The summed E-state index contributed by atoms with van der Waals surface area (Å²) in [5, 5.41) is 4.18. The first-order valence-electron chi connectivity index (χ1n) is 10.2. The molecule has 3 N–H and O–H groups in total. The molecule has 2 atom stereocenters. The number of rotatable bonds is 14. The van der Waals surface area contributed by atoms with E-state index in [9.17, 15) is 14.4 Å². The van der Waals surface area contributed by atoms with Crippen LogP contribution in [0.25, 0.3) is 0 Å². The van der Waals surface area contributed by atoms with Gasteiger partial charge in [0.25, 0.3) is 0 Å². The molecule has 0 aromatic heterocycles. The van der Waals surface area contributed by atoms with Gasteiger partial charge < -0.3 is 11.1 Å². The molecule has 29 heavy (non-hydrogen) atoms. The van der Waals surface area contributed by atoms with Crippen LogP contribution >= 0.6 is 0 Å². The molecule has 162 valence electrons. The molecule has 0 heterocycles. The van der Waals surface area contributed by atoms with Crippen LogP contribution in [0.3, 0.4) is 0 Å². The van der Waals surface area contributed by atoms with E-state index in [0.29, 0.717) is 12.8 Å². The molecule has 0 fully saturated rings. The molecular weight excluding hydrogens is 370 g/mol. The topological polar surface area (TPSA) is 102 Å². The third-order valence-corrected chi connectivity index (χ3v) is 5.20. The summed E-state index contributed by atoms with van der Waals surface area (Å²) in [5.74, 6) is -0.957. The maximum atomic E-state index is 12.9. The number of hydrogen-bond acceptors (Lipinski definition) is 4. The van der Waals surface area contributed by atoms with Crippen molar-refractivity contribution in [1.82, 2.24) is 10.4 Å². The highest BCUT2D eigenvalue weighted by molar-refractivity contribution is 5.80. The summed E-state index contributed by atoms with van der Waals surface area (Å²) < 4.78 is 0. The second-order valence-electron chi connectivity index (χ2n) is 8.17. The summed E-state index contributed by atoms with van der Waals surface area (Å²) >= 11 is 0. The summed E-state index contributed by atoms with van der Waals surface area (Å²) in [7, 11) is 0. The predicted molar refractivity (Wildman–Crippen MR) is 112 cm³/mol. The number of nitrogens with one attached hydrogen (secondary N) is 1. The summed E-state index contributed by atoms with van der Waals surface area (Å²) in [6, 6.07) is 9.28. The van der Waals surface area contributed by atoms with E-state index in [1.807, 2.05) is 51.1 Å². The Morgan fingerprint density at radius 2 is 1.93 bits per heavy atom. The summed E-state index contributed by atoms with van der Waals surface area (Å²) in [6.45, 7) is 8.13. The lowest BCUT2D eigenvalue weighted by molar-refractivity contribution is -0.182. The van der Waals surface area contributed by atoms with Crippen LogP contribution in [0.4, 0.5) is 0 Å². The van der Waals surface area contributed by atoms with Gasteiger partial charge in [0, 0.05) is 12.5 Å². The van der Waals surface area contributed by atoms with E-state index in [1.54, 1.807) is 0 Å². The number of carbonyl (C=O) groups excluding carboxylic acids is 3. The molecule has 0 aliphatic rings. The average molecular weight is 406 g/mol. The van der Waals surface area contributed by atoms with E-state index >= 15 is 0 Å². The lowest BCUT2D eigenvalue weighted by Gasteiger charge is -2.33. The number of nitrogens with zero attached hydrogens (tertiary/aromatic N) is 1. The molecule has 0 radical (unpaired) electrons. The van der Waals surface area contributed by atoms with Crippen molar-refractivity contribution in [1.29, 1.82) is 0 Å². The SMILES string of the molecule is CCCC[C@H](CN(C=O)OCc1ccccc1)C(=O)NC(C)C(C)(C)CC(N)=O. The molecule has 1 rings (SSSR count). The lowest BCUT2D eigenvalue weighted by Crippen LogP contribution is -2.48. The summed E-state index contributed by atoms with van der Waals surface area (Å²) in [5.41, 5.74) is 5.80. The Labute approximate surface area is 173 Å². The highest BCUT2D eigenvalue weighted by Gasteiger charge is 2.31. The Hall–Kier alpha value is -2.41. The first kappa shape index (κ1) is 24.6. The van der Waals surface area contributed by atoms with Crippen LogP contribution in [0.5, 0.6) is 0 Å². The number of benzene rings is 1. The number of hydroxylamine groups is 2. The lowest BCUT2D eigenvalue weighted by atomic mass is 9.81.